The molecule has 0 saturated carbocycles. The van der Waals surface area contributed by atoms with E-state index in [1.165, 1.54) is 0 Å². The molecule has 6 heteroatoms. The van der Waals surface area contributed by atoms with Gasteiger partial charge in [-0.15, -0.1) is 0 Å². The lowest BCUT2D eigenvalue weighted by Crippen LogP contribution is -2.42. The maximum Gasteiger partial charge on any atom is 0.272 e. The summed E-state index contributed by atoms with van der Waals surface area (Å²) < 4.78 is 14.7. The lowest BCUT2D eigenvalue weighted by Gasteiger charge is -2.21. The molecule has 1 aromatic rings. The Labute approximate surface area is 93.2 Å². The van der Waals surface area contributed by atoms with E-state index in [1.807, 2.05) is 0 Å². The standard InChI is InChI=1S/C9H8BrFN2O2/c1-9(2)12-7(14)6-5(11)3-4(10)8(15)13(6)9/h3H,1-2H3,(H,12,14). The van der Waals surface area contributed by atoms with Crippen molar-refractivity contribution in [1.29, 1.82) is 0 Å². The highest BCUT2D eigenvalue weighted by atomic mass is 79.9. The minimum Gasteiger partial charge on any atom is -0.328 e. The Balaban J connectivity index is 2.91. The quantitative estimate of drug-likeness (QED) is 0.773. The SMILES string of the molecule is CC1(C)NC(=O)c2c(F)cc(Br)c(=O)n21. The van der Waals surface area contributed by atoms with Crippen molar-refractivity contribution in [2.75, 3.05) is 0 Å². The molecular formula is C9H8BrFN2O2. The number of pyridine rings is 1. The average molecular weight is 275 g/mol. The number of nitrogens with zero attached hydrogens (tertiary/aromatic N) is 1. The molecule has 2 rings (SSSR count). The van der Waals surface area contributed by atoms with Crippen molar-refractivity contribution in [2.24, 2.45) is 0 Å². The van der Waals surface area contributed by atoms with Crippen molar-refractivity contribution in [2.45, 2.75) is 19.5 Å². The van der Waals surface area contributed by atoms with Gasteiger partial charge in [-0.25, -0.2) is 4.39 Å². The molecule has 0 radical (unpaired) electrons. The molecule has 0 aliphatic carbocycles. The lowest BCUT2D eigenvalue weighted by atomic mass is 10.2. The van der Waals surface area contributed by atoms with Gasteiger partial charge in [-0.3, -0.25) is 14.2 Å². The minimum absolute atomic E-state index is 0.105. The summed E-state index contributed by atoms with van der Waals surface area (Å²) in [6.45, 7) is 3.27. The van der Waals surface area contributed by atoms with Gasteiger partial charge in [0.1, 0.15) is 11.4 Å². The highest BCUT2D eigenvalue weighted by Gasteiger charge is 2.38. The van der Waals surface area contributed by atoms with Gasteiger partial charge in [0.25, 0.3) is 11.5 Å². The molecule has 2 heterocycles. The fourth-order valence-electron chi connectivity index (χ4n) is 1.69. The zero-order chi connectivity index (χ0) is 11.4. The minimum atomic E-state index is -0.895. The summed E-state index contributed by atoms with van der Waals surface area (Å²) in [5, 5.41) is 2.53. The zero-order valence-electron chi connectivity index (χ0n) is 8.10. The van der Waals surface area contributed by atoms with Gasteiger partial charge in [0, 0.05) is 0 Å². The van der Waals surface area contributed by atoms with Gasteiger partial charge in [0.2, 0.25) is 0 Å². The van der Waals surface area contributed by atoms with Crippen molar-refractivity contribution < 1.29 is 9.18 Å². The Kier molecular flexibility index (Phi) is 2.01. The Morgan fingerprint density at radius 3 is 2.67 bits per heavy atom. The molecular weight excluding hydrogens is 267 g/mol. The number of hydrogen-bond donors (Lipinski definition) is 1. The normalized spacial score (nSPS) is 17.5. The first kappa shape index (κ1) is 10.4. The second kappa shape index (κ2) is 2.91. The van der Waals surface area contributed by atoms with Crippen LogP contribution < -0.4 is 10.9 Å². The molecule has 1 aliphatic heterocycles. The van der Waals surface area contributed by atoms with Crippen LogP contribution in [0.5, 0.6) is 0 Å². The molecule has 80 valence electrons. The molecule has 1 aromatic heterocycles. The molecule has 0 atom stereocenters. The molecule has 1 aliphatic rings. The van der Waals surface area contributed by atoms with Crippen LogP contribution in [0.3, 0.4) is 0 Å². The molecule has 0 bridgehead atoms. The predicted molar refractivity (Wildman–Crippen MR) is 55.1 cm³/mol. The fraction of sp³-hybridized carbons (Fsp3) is 0.333. The number of halogens is 2. The number of nitrogens with one attached hydrogen (secondary N) is 1. The van der Waals surface area contributed by atoms with E-state index in [-0.39, 0.29) is 10.2 Å². The second-order valence-corrected chi connectivity index (χ2v) is 4.70. The third-order valence-corrected chi connectivity index (χ3v) is 2.87. The van der Waals surface area contributed by atoms with Gasteiger partial charge in [0.05, 0.1) is 4.47 Å². The highest BCUT2D eigenvalue weighted by Crippen LogP contribution is 2.23. The number of fused-ring (bicyclic) bond motifs is 1. The van der Waals surface area contributed by atoms with Crippen molar-refractivity contribution in [1.82, 2.24) is 9.88 Å². The topological polar surface area (TPSA) is 51.1 Å². The summed E-state index contributed by atoms with van der Waals surface area (Å²) in [6, 6.07) is 1.01. The van der Waals surface area contributed by atoms with Gasteiger partial charge in [-0.2, -0.15) is 0 Å². The van der Waals surface area contributed by atoms with Crippen LogP contribution in [0.15, 0.2) is 15.3 Å². The highest BCUT2D eigenvalue weighted by molar-refractivity contribution is 9.10. The molecule has 0 spiro atoms. The van der Waals surface area contributed by atoms with Crippen LogP contribution in [-0.2, 0) is 5.66 Å². The first-order valence-corrected chi connectivity index (χ1v) is 5.08. The summed E-state index contributed by atoms with van der Waals surface area (Å²) in [7, 11) is 0. The van der Waals surface area contributed by atoms with Gasteiger partial charge >= 0.3 is 0 Å². The number of carbonyl (C=O) groups excluding carboxylic acids is 1. The van der Waals surface area contributed by atoms with Gasteiger partial charge < -0.3 is 5.32 Å². The lowest BCUT2D eigenvalue weighted by molar-refractivity contribution is 0.0932. The van der Waals surface area contributed by atoms with E-state index in [0.717, 1.165) is 10.6 Å². The average Bonchev–Trinajstić information content (AvgIpc) is 2.32. The summed E-state index contributed by atoms with van der Waals surface area (Å²) in [5.41, 5.74) is -1.53. The van der Waals surface area contributed by atoms with E-state index in [1.54, 1.807) is 13.8 Å². The summed E-state index contributed by atoms with van der Waals surface area (Å²) in [6.07, 6.45) is 0. The van der Waals surface area contributed by atoms with Gasteiger partial charge in [-0.1, -0.05) is 0 Å². The number of rotatable bonds is 0. The Morgan fingerprint density at radius 1 is 1.47 bits per heavy atom. The monoisotopic (exact) mass is 274 g/mol. The van der Waals surface area contributed by atoms with Crippen molar-refractivity contribution in [3.8, 4) is 0 Å². The zero-order valence-corrected chi connectivity index (χ0v) is 9.68. The van der Waals surface area contributed by atoms with E-state index in [9.17, 15) is 14.0 Å². The molecule has 0 saturated heterocycles. The largest absolute Gasteiger partial charge is 0.328 e. The predicted octanol–water partition coefficient (Wildman–Crippen LogP) is 1.19. The van der Waals surface area contributed by atoms with Crippen molar-refractivity contribution in [3.05, 3.63) is 32.4 Å². The van der Waals surface area contributed by atoms with Crippen molar-refractivity contribution in [3.63, 3.8) is 0 Å². The summed E-state index contributed by atoms with van der Waals surface area (Å²) in [4.78, 5) is 23.2. The fourth-order valence-corrected chi connectivity index (χ4v) is 2.07. The summed E-state index contributed by atoms with van der Waals surface area (Å²) >= 11 is 2.96. The van der Waals surface area contributed by atoms with Crippen LogP contribution in [0, 0.1) is 5.82 Å². The van der Waals surface area contributed by atoms with Crippen LogP contribution >= 0.6 is 15.9 Å². The Morgan fingerprint density at radius 2 is 2.07 bits per heavy atom. The van der Waals surface area contributed by atoms with Crippen molar-refractivity contribution >= 4 is 21.8 Å². The molecule has 0 unspecified atom stereocenters. The molecule has 0 aromatic carbocycles. The maximum absolute atomic E-state index is 13.5. The van der Waals surface area contributed by atoms with E-state index in [0.29, 0.717) is 0 Å². The number of amides is 1. The summed E-state index contributed by atoms with van der Waals surface area (Å²) in [5.74, 6) is -1.27. The maximum atomic E-state index is 13.5. The Hall–Kier alpha value is -1.17. The van der Waals surface area contributed by atoms with Crippen LogP contribution in [-0.4, -0.2) is 10.5 Å². The van der Waals surface area contributed by atoms with E-state index >= 15 is 0 Å². The number of aromatic nitrogens is 1. The smallest absolute Gasteiger partial charge is 0.272 e. The Bertz CT molecular complexity index is 522. The van der Waals surface area contributed by atoms with Crippen LogP contribution in [0.1, 0.15) is 24.3 Å². The third kappa shape index (κ3) is 1.31. The number of hydrogen-bond acceptors (Lipinski definition) is 2. The number of carbonyl (C=O) groups is 1. The van der Waals surface area contributed by atoms with Crippen LogP contribution in [0.2, 0.25) is 0 Å². The van der Waals surface area contributed by atoms with Crippen LogP contribution in [0.4, 0.5) is 4.39 Å². The van der Waals surface area contributed by atoms with E-state index in [4.69, 9.17) is 0 Å². The van der Waals surface area contributed by atoms with E-state index in [2.05, 4.69) is 21.2 Å². The molecule has 1 N–H and O–H groups in total. The molecule has 15 heavy (non-hydrogen) atoms. The molecule has 1 amide bonds. The van der Waals surface area contributed by atoms with Crippen LogP contribution in [0.25, 0.3) is 0 Å². The first-order chi connectivity index (χ1) is 6.84. The third-order valence-electron chi connectivity index (χ3n) is 2.30. The van der Waals surface area contributed by atoms with Gasteiger partial charge in [0.15, 0.2) is 5.82 Å². The van der Waals surface area contributed by atoms with E-state index < -0.39 is 22.9 Å². The first-order valence-electron chi connectivity index (χ1n) is 4.28. The molecule has 0 fully saturated rings. The second-order valence-electron chi connectivity index (χ2n) is 3.84. The molecule has 4 nitrogen and oxygen atoms in total. The van der Waals surface area contributed by atoms with Gasteiger partial charge in [-0.05, 0) is 35.8 Å².